The van der Waals surface area contributed by atoms with Crippen LogP contribution in [0.2, 0.25) is 0 Å². The van der Waals surface area contributed by atoms with Gasteiger partial charge in [0.1, 0.15) is 4.90 Å². The van der Waals surface area contributed by atoms with Crippen molar-refractivity contribution in [3.8, 4) is 0 Å². The monoisotopic (exact) mass is 268 g/mol. The highest BCUT2D eigenvalue weighted by atomic mass is 32.2. The molecular formula is C13H20N2O2S. The van der Waals surface area contributed by atoms with E-state index in [1.165, 1.54) is 0 Å². The maximum Gasteiger partial charge on any atom is 0.245 e. The minimum Gasteiger partial charge on any atom is -0.387 e. The summed E-state index contributed by atoms with van der Waals surface area (Å²) < 4.78 is 26.8. The van der Waals surface area contributed by atoms with Gasteiger partial charge in [0.15, 0.2) is 0 Å². The molecule has 1 fully saturated rings. The third-order valence-corrected chi connectivity index (χ3v) is 5.28. The van der Waals surface area contributed by atoms with Crippen LogP contribution in [-0.2, 0) is 10.0 Å². The number of anilines is 1. The standard InChI is InChI=1S/C13H20N2O2S/c1-11-6-7-12(14-2)13(10-11)18(16,17)15-8-4-3-5-9-15/h6-7,10,14H,3-5,8-9H2,1-2H3. The Kier molecular flexibility index (Phi) is 3.92. The second-order valence-electron chi connectivity index (χ2n) is 4.71. The Morgan fingerprint density at radius 2 is 1.83 bits per heavy atom. The molecule has 1 aromatic carbocycles. The summed E-state index contributed by atoms with van der Waals surface area (Å²) in [6.07, 6.45) is 3.04. The van der Waals surface area contributed by atoms with Crippen LogP contribution in [0, 0.1) is 6.92 Å². The molecule has 1 aliphatic rings. The molecule has 0 saturated carbocycles. The van der Waals surface area contributed by atoms with E-state index in [1.54, 1.807) is 17.4 Å². The Hall–Kier alpha value is -1.07. The number of hydrogen-bond donors (Lipinski definition) is 1. The highest BCUT2D eigenvalue weighted by Gasteiger charge is 2.27. The normalized spacial score (nSPS) is 17.7. The van der Waals surface area contributed by atoms with Gasteiger partial charge in [-0.15, -0.1) is 0 Å². The van der Waals surface area contributed by atoms with E-state index in [1.807, 2.05) is 19.1 Å². The zero-order valence-corrected chi connectivity index (χ0v) is 11.8. The molecule has 0 aromatic heterocycles. The van der Waals surface area contributed by atoms with E-state index in [-0.39, 0.29) is 0 Å². The molecule has 2 rings (SSSR count). The summed E-state index contributed by atoms with van der Waals surface area (Å²) >= 11 is 0. The molecule has 0 aliphatic carbocycles. The third-order valence-electron chi connectivity index (χ3n) is 3.34. The molecule has 0 unspecified atom stereocenters. The first-order valence-corrected chi connectivity index (χ1v) is 7.78. The van der Waals surface area contributed by atoms with Crippen molar-refractivity contribution in [1.82, 2.24) is 4.31 Å². The predicted octanol–water partition coefficient (Wildman–Crippen LogP) is 2.21. The SMILES string of the molecule is CNc1ccc(C)cc1S(=O)(=O)N1CCCCC1. The van der Waals surface area contributed by atoms with Crippen molar-refractivity contribution in [2.45, 2.75) is 31.1 Å². The molecule has 1 aromatic rings. The summed E-state index contributed by atoms with van der Waals surface area (Å²) in [5.41, 5.74) is 1.63. The molecule has 100 valence electrons. The Balaban J connectivity index is 2.42. The molecule has 0 spiro atoms. The van der Waals surface area contributed by atoms with Crippen molar-refractivity contribution in [2.75, 3.05) is 25.5 Å². The molecule has 1 saturated heterocycles. The maximum absolute atomic E-state index is 12.6. The number of piperidine rings is 1. The lowest BCUT2D eigenvalue weighted by Gasteiger charge is -2.26. The maximum atomic E-state index is 12.6. The van der Waals surface area contributed by atoms with Gasteiger partial charge in [-0.25, -0.2) is 8.42 Å². The van der Waals surface area contributed by atoms with E-state index in [2.05, 4.69) is 5.32 Å². The number of benzene rings is 1. The zero-order chi connectivity index (χ0) is 13.2. The fraction of sp³-hybridized carbons (Fsp3) is 0.538. The lowest BCUT2D eigenvalue weighted by Crippen LogP contribution is -2.35. The smallest absolute Gasteiger partial charge is 0.245 e. The molecule has 0 bridgehead atoms. The fourth-order valence-electron chi connectivity index (χ4n) is 2.29. The summed E-state index contributed by atoms with van der Waals surface area (Å²) in [4.78, 5) is 0.395. The van der Waals surface area contributed by atoms with Crippen molar-refractivity contribution in [1.29, 1.82) is 0 Å². The molecule has 0 radical (unpaired) electrons. The van der Waals surface area contributed by atoms with Crippen molar-refractivity contribution in [3.63, 3.8) is 0 Å². The van der Waals surface area contributed by atoms with Crippen LogP contribution in [0.15, 0.2) is 23.1 Å². The van der Waals surface area contributed by atoms with Gasteiger partial charge in [-0.1, -0.05) is 12.5 Å². The van der Waals surface area contributed by atoms with E-state index in [4.69, 9.17) is 0 Å². The molecular weight excluding hydrogens is 248 g/mol. The number of nitrogens with zero attached hydrogens (tertiary/aromatic N) is 1. The summed E-state index contributed by atoms with van der Waals surface area (Å²) in [5, 5.41) is 2.96. The minimum absolute atomic E-state index is 0.395. The van der Waals surface area contributed by atoms with Crippen LogP contribution in [0.4, 0.5) is 5.69 Å². The lowest BCUT2D eigenvalue weighted by molar-refractivity contribution is 0.347. The average Bonchev–Trinajstić information content (AvgIpc) is 2.39. The molecule has 1 N–H and O–H groups in total. The number of hydrogen-bond acceptors (Lipinski definition) is 3. The molecule has 1 aliphatic heterocycles. The lowest BCUT2D eigenvalue weighted by atomic mass is 10.2. The number of aryl methyl sites for hydroxylation is 1. The van der Waals surface area contributed by atoms with Gasteiger partial charge >= 0.3 is 0 Å². The summed E-state index contributed by atoms with van der Waals surface area (Å²) in [5.74, 6) is 0. The van der Waals surface area contributed by atoms with Crippen LogP contribution in [0.5, 0.6) is 0 Å². The van der Waals surface area contributed by atoms with Crippen LogP contribution in [-0.4, -0.2) is 32.9 Å². The number of sulfonamides is 1. The van der Waals surface area contributed by atoms with Crippen LogP contribution >= 0.6 is 0 Å². The Bertz CT molecular complexity index is 520. The Morgan fingerprint density at radius 1 is 1.17 bits per heavy atom. The van der Waals surface area contributed by atoms with Gasteiger partial charge in [-0.05, 0) is 37.5 Å². The molecule has 0 atom stereocenters. The largest absolute Gasteiger partial charge is 0.387 e. The Morgan fingerprint density at radius 3 is 2.44 bits per heavy atom. The van der Waals surface area contributed by atoms with Gasteiger partial charge in [0, 0.05) is 20.1 Å². The Labute approximate surface area is 109 Å². The fourth-order valence-corrected chi connectivity index (χ4v) is 4.09. The quantitative estimate of drug-likeness (QED) is 0.914. The highest BCUT2D eigenvalue weighted by Crippen LogP contribution is 2.27. The van der Waals surface area contributed by atoms with Crippen molar-refractivity contribution in [3.05, 3.63) is 23.8 Å². The van der Waals surface area contributed by atoms with Crippen molar-refractivity contribution >= 4 is 15.7 Å². The number of rotatable bonds is 3. The van der Waals surface area contributed by atoms with Gasteiger partial charge in [-0.2, -0.15) is 4.31 Å². The van der Waals surface area contributed by atoms with Crippen molar-refractivity contribution < 1.29 is 8.42 Å². The second kappa shape index (κ2) is 5.28. The van der Waals surface area contributed by atoms with Crippen LogP contribution < -0.4 is 5.32 Å². The predicted molar refractivity (Wildman–Crippen MR) is 73.3 cm³/mol. The van der Waals surface area contributed by atoms with Gasteiger partial charge < -0.3 is 5.32 Å². The third kappa shape index (κ3) is 2.52. The topological polar surface area (TPSA) is 49.4 Å². The van der Waals surface area contributed by atoms with E-state index in [0.29, 0.717) is 23.7 Å². The van der Waals surface area contributed by atoms with E-state index in [0.717, 1.165) is 24.8 Å². The van der Waals surface area contributed by atoms with E-state index < -0.39 is 10.0 Å². The summed E-state index contributed by atoms with van der Waals surface area (Å²) in [6.45, 7) is 3.19. The molecule has 1 heterocycles. The average molecular weight is 268 g/mol. The van der Waals surface area contributed by atoms with Crippen molar-refractivity contribution in [2.24, 2.45) is 0 Å². The van der Waals surface area contributed by atoms with Crippen LogP contribution in [0.25, 0.3) is 0 Å². The molecule has 4 nitrogen and oxygen atoms in total. The summed E-state index contributed by atoms with van der Waals surface area (Å²) in [6, 6.07) is 5.49. The first-order valence-electron chi connectivity index (χ1n) is 6.34. The molecule has 18 heavy (non-hydrogen) atoms. The van der Waals surface area contributed by atoms with Gasteiger partial charge in [-0.3, -0.25) is 0 Å². The van der Waals surface area contributed by atoms with Gasteiger partial charge in [0.2, 0.25) is 10.0 Å². The van der Waals surface area contributed by atoms with Crippen LogP contribution in [0.1, 0.15) is 24.8 Å². The summed E-state index contributed by atoms with van der Waals surface area (Å²) in [7, 11) is -1.61. The molecule has 0 amide bonds. The zero-order valence-electron chi connectivity index (χ0n) is 10.9. The highest BCUT2D eigenvalue weighted by molar-refractivity contribution is 7.89. The van der Waals surface area contributed by atoms with Gasteiger partial charge in [0.05, 0.1) is 5.69 Å². The first-order chi connectivity index (χ1) is 8.55. The van der Waals surface area contributed by atoms with Crippen LogP contribution in [0.3, 0.4) is 0 Å². The second-order valence-corrected chi connectivity index (χ2v) is 6.62. The van der Waals surface area contributed by atoms with E-state index in [9.17, 15) is 8.42 Å². The first kappa shape index (κ1) is 13.4. The minimum atomic E-state index is -3.36. The number of nitrogens with one attached hydrogen (secondary N) is 1. The molecule has 5 heteroatoms. The van der Waals surface area contributed by atoms with Gasteiger partial charge in [0.25, 0.3) is 0 Å². The van der Waals surface area contributed by atoms with E-state index >= 15 is 0 Å².